The summed E-state index contributed by atoms with van der Waals surface area (Å²) in [5, 5.41) is 3.68. The maximum absolute atomic E-state index is 12.8. The van der Waals surface area contributed by atoms with E-state index in [1.807, 2.05) is 0 Å². The van der Waals surface area contributed by atoms with Gasteiger partial charge in [0.15, 0.2) is 0 Å². The van der Waals surface area contributed by atoms with Crippen molar-refractivity contribution in [1.82, 2.24) is 5.32 Å². The zero-order valence-corrected chi connectivity index (χ0v) is 18.1. The molecule has 152 valence electrons. The van der Waals surface area contributed by atoms with E-state index in [0.717, 1.165) is 10.6 Å². The van der Waals surface area contributed by atoms with Crippen molar-refractivity contribution in [3.05, 3.63) is 58.1 Å². The highest BCUT2D eigenvalue weighted by Gasteiger charge is 2.31. The predicted octanol–water partition coefficient (Wildman–Crippen LogP) is 3.86. The molecule has 0 bridgehead atoms. The Kier molecular flexibility index (Phi) is 7.57. The lowest BCUT2D eigenvalue weighted by atomic mass is 10.1. The summed E-state index contributed by atoms with van der Waals surface area (Å²) in [5.74, 6) is 0.0659. The molecule has 1 N–H and O–H groups in total. The van der Waals surface area contributed by atoms with E-state index in [4.69, 9.17) is 27.9 Å². The number of halogens is 2. The number of carbonyl (C=O) groups excluding carboxylic acids is 1. The van der Waals surface area contributed by atoms with Crippen molar-refractivity contribution in [3.63, 3.8) is 0 Å². The Morgan fingerprint density at radius 1 is 1.21 bits per heavy atom. The number of carbonyl (C=O) groups is 1. The van der Waals surface area contributed by atoms with E-state index in [-0.39, 0.29) is 13.0 Å². The van der Waals surface area contributed by atoms with Gasteiger partial charge in [-0.05, 0) is 36.2 Å². The van der Waals surface area contributed by atoms with Crippen LogP contribution in [-0.2, 0) is 21.4 Å². The third-order valence-electron chi connectivity index (χ3n) is 4.11. The monoisotopic (exact) mass is 444 g/mol. The van der Waals surface area contributed by atoms with Crippen LogP contribution in [0.5, 0.6) is 5.75 Å². The normalized spacial score (nSPS) is 12.3. The topological polar surface area (TPSA) is 75.7 Å². The van der Waals surface area contributed by atoms with Crippen molar-refractivity contribution in [1.29, 1.82) is 0 Å². The van der Waals surface area contributed by atoms with Crippen LogP contribution in [0.4, 0.5) is 5.69 Å². The SMILES string of the molecule is CCC(C(=O)NCc1ccc(Cl)cc1Cl)N(c1cccc(OC)c1)S(C)(=O)=O. The van der Waals surface area contributed by atoms with Gasteiger partial charge in [-0.2, -0.15) is 0 Å². The summed E-state index contributed by atoms with van der Waals surface area (Å²) in [4.78, 5) is 12.8. The molecule has 1 atom stereocenters. The fraction of sp³-hybridized carbons (Fsp3) is 0.316. The van der Waals surface area contributed by atoms with E-state index >= 15 is 0 Å². The van der Waals surface area contributed by atoms with Crippen LogP contribution >= 0.6 is 23.2 Å². The highest BCUT2D eigenvalue weighted by atomic mass is 35.5. The van der Waals surface area contributed by atoms with E-state index in [1.165, 1.54) is 7.11 Å². The molecule has 6 nitrogen and oxygen atoms in total. The molecular weight excluding hydrogens is 423 g/mol. The second-order valence-electron chi connectivity index (χ2n) is 6.14. The Balaban J connectivity index is 2.28. The number of rotatable bonds is 8. The lowest BCUT2D eigenvalue weighted by Gasteiger charge is -2.30. The van der Waals surface area contributed by atoms with Crippen molar-refractivity contribution in [2.75, 3.05) is 17.7 Å². The summed E-state index contributed by atoms with van der Waals surface area (Å²) in [6.45, 7) is 1.90. The molecule has 1 unspecified atom stereocenters. The smallest absolute Gasteiger partial charge is 0.244 e. The minimum atomic E-state index is -3.72. The highest BCUT2D eigenvalue weighted by Crippen LogP contribution is 2.27. The van der Waals surface area contributed by atoms with E-state index in [1.54, 1.807) is 49.4 Å². The molecule has 0 saturated heterocycles. The molecule has 0 saturated carbocycles. The van der Waals surface area contributed by atoms with Gasteiger partial charge in [0, 0.05) is 22.7 Å². The lowest BCUT2D eigenvalue weighted by Crippen LogP contribution is -2.49. The molecular formula is C19H22Cl2N2O4S. The van der Waals surface area contributed by atoms with E-state index < -0.39 is 22.0 Å². The molecule has 2 aromatic rings. The van der Waals surface area contributed by atoms with Crippen LogP contribution in [0, 0.1) is 0 Å². The number of nitrogens with zero attached hydrogens (tertiary/aromatic N) is 1. The highest BCUT2D eigenvalue weighted by molar-refractivity contribution is 7.92. The van der Waals surface area contributed by atoms with E-state index in [0.29, 0.717) is 27.0 Å². The van der Waals surface area contributed by atoms with Crippen LogP contribution in [0.2, 0.25) is 10.0 Å². The van der Waals surface area contributed by atoms with Gasteiger partial charge in [0.25, 0.3) is 0 Å². The second-order valence-corrected chi connectivity index (χ2v) is 8.84. The second kappa shape index (κ2) is 9.49. The van der Waals surface area contributed by atoms with Crippen LogP contribution in [-0.4, -0.2) is 33.7 Å². The number of nitrogens with one attached hydrogen (secondary N) is 1. The zero-order valence-electron chi connectivity index (χ0n) is 15.8. The van der Waals surface area contributed by atoms with Crippen molar-refractivity contribution in [3.8, 4) is 5.75 Å². The molecule has 0 radical (unpaired) electrons. The molecule has 0 spiro atoms. The molecule has 28 heavy (non-hydrogen) atoms. The van der Waals surface area contributed by atoms with Gasteiger partial charge in [0.1, 0.15) is 11.8 Å². The van der Waals surface area contributed by atoms with Gasteiger partial charge in [-0.1, -0.05) is 42.3 Å². The Morgan fingerprint density at radius 2 is 1.93 bits per heavy atom. The van der Waals surface area contributed by atoms with Gasteiger partial charge < -0.3 is 10.1 Å². The largest absolute Gasteiger partial charge is 0.497 e. The lowest BCUT2D eigenvalue weighted by molar-refractivity contribution is -0.122. The summed E-state index contributed by atoms with van der Waals surface area (Å²) in [6, 6.07) is 10.6. The van der Waals surface area contributed by atoms with Gasteiger partial charge in [0.05, 0.1) is 19.1 Å². The molecule has 0 heterocycles. The molecule has 9 heteroatoms. The summed E-state index contributed by atoms with van der Waals surface area (Å²) in [6.07, 6.45) is 1.35. The van der Waals surface area contributed by atoms with Gasteiger partial charge in [-0.25, -0.2) is 8.42 Å². The summed E-state index contributed by atoms with van der Waals surface area (Å²) >= 11 is 12.0. The predicted molar refractivity (Wildman–Crippen MR) is 113 cm³/mol. The number of ether oxygens (including phenoxy) is 1. The third kappa shape index (κ3) is 5.53. The first-order valence-electron chi connectivity index (χ1n) is 8.52. The van der Waals surface area contributed by atoms with Crippen molar-refractivity contribution >= 4 is 44.8 Å². The van der Waals surface area contributed by atoms with Gasteiger partial charge >= 0.3 is 0 Å². The minimum absolute atomic E-state index is 0.154. The number of methoxy groups -OCH3 is 1. The maximum Gasteiger partial charge on any atom is 0.244 e. The molecule has 0 aliphatic rings. The Bertz CT molecular complexity index is 951. The number of amides is 1. The average molecular weight is 445 g/mol. The molecule has 2 aromatic carbocycles. The molecule has 0 aliphatic carbocycles. The van der Waals surface area contributed by atoms with Crippen LogP contribution in [0.25, 0.3) is 0 Å². The first-order valence-corrected chi connectivity index (χ1v) is 11.1. The minimum Gasteiger partial charge on any atom is -0.497 e. The number of hydrogen-bond donors (Lipinski definition) is 1. The maximum atomic E-state index is 12.8. The fourth-order valence-electron chi connectivity index (χ4n) is 2.77. The number of benzene rings is 2. The average Bonchev–Trinajstić information content (AvgIpc) is 2.64. The molecule has 0 fully saturated rings. The van der Waals surface area contributed by atoms with Crippen LogP contribution in [0.3, 0.4) is 0 Å². The van der Waals surface area contributed by atoms with Crippen LogP contribution in [0.1, 0.15) is 18.9 Å². The Labute approximate surface area is 175 Å². The first-order chi connectivity index (χ1) is 13.2. The quantitative estimate of drug-likeness (QED) is 0.670. The summed E-state index contributed by atoms with van der Waals surface area (Å²) in [5.41, 5.74) is 1.04. The van der Waals surface area contributed by atoms with Crippen molar-refractivity contribution < 1.29 is 17.9 Å². The van der Waals surface area contributed by atoms with Crippen molar-refractivity contribution in [2.45, 2.75) is 25.9 Å². The van der Waals surface area contributed by atoms with Gasteiger partial charge in [-0.15, -0.1) is 0 Å². The van der Waals surface area contributed by atoms with Crippen LogP contribution in [0.15, 0.2) is 42.5 Å². The molecule has 2 rings (SSSR count). The van der Waals surface area contributed by atoms with Gasteiger partial charge in [-0.3, -0.25) is 9.10 Å². The van der Waals surface area contributed by atoms with E-state index in [9.17, 15) is 13.2 Å². The number of sulfonamides is 1. The fourth-order valence-corrected chi connectivity index (χ4v) is 4.45. The van der Waals surface area contributed by atoms with Crippen molar-refractivity contribution in [2.24, 2.45) is 0 Å². The summed E-state index contributed by atoms with van der Waals surface area (Å²) < 4.78 is 31.2. The third-order valence-corrected chi connectivity index (χ3v) is 5.87. The number of hydrogen-bond acceptors (Lipinski definition) is 4. The zero-order chi connectivity index (χ0) is 20.9. The summed E-state index contributed by atoms with van der Waals surface area (Å²) in [7, 11) is -2.23. The van der Waals surface area contributed by atoms with Crippen LogP contribution < -0.4 is 14.4 Å². The van der Waals surface area contributed by atoms with E-state index in [2.05, 4.69) is 5.32 Å². The standard InChI is InChI=1S/C19H22Cl2N2O4S/c1-4-18(19(24)22-12-13-8-9-14(20)10-17(13)21)23(28(3,25)26)15-6-5-7-16(11-15)27-2/h5-11,18H,4,12H2,1-3H3,(H,22,24). The first kappa shape index (κ1) is 22.3. The Hall–Kier alpha value is -1.96. The molecule has 0 aromatic heterocycles. The number of anilines is 1. The molecule has 0 aliphatic heterocycles. The molecule has 1 amide bonds. The Morgan fingerprint density at radius 3 is 2.50 bits per heavy atom. The van der Waals surface area contributed by atoms with Gasteiger partial charge in [0.2, 0.25) is 15.9 Å².